The minimum Gasteiger partial charge on any atom is -0.494 e. The molecule has 0 spiro atoms. The minimum atomic E-state index is -0.321. The predicted octanol–water partition coefficient (Wildman–Crippen LogP) is 5.33. The minimum absolute atomic E-state index is 0.109. The van der Waals surface area contributed by atoms with E-state index in [-0.39, 0.29) is 17.9 Å². The van der Waals surface area contributed by atoms with Crippen LogP contribution in [0.5, 0.6) is 11.5 Å². The Hall–Kier alpha value is -3.60. The van der Waals surface area contributed by atoms with Crippen molar-refractivity contribution >= 4 is 12.1 Å². The Morgan fingerprint density at radius 3 is 2.12 bits per heavy atom. The Labute approximate surface area is 190 Å². The summed E-state index contributed by atoms with van der Waals surface area (Å²) in [6, 6.07) is 25.7. The Balaban J connectivity index is 1.47. The van der Waals surface area contributed by atoms with E-state index in [9.17, 15) is 4.79 Å². The lowest BCUT2D eigenvalue weighted by Crippen LogP contribution is -2.24. The van der Waals surface area contributed by atoms with Crippen molar-refractivity contribution in [1.29, 1.82) is 0 Å². The Bertz CT molecular complexity index is 1010. The molecule has 0 fully saturated rings. The van der Waals surface area contributed by atoms with Crippen LogP contribution in [0.25, 0.3) is 0 Å². The van der Waals surface area contributed by atoms with Gasteiger partial charge in [0.2, 0.25) is 0 Å². The standard InChI is InChI=1S/C27H30N2O3/c1-4-18-31-24-14-10-21(11-15-24)19-28-29-26(30)20-32-25-16-12-23(13-17-25)27(2,3)22-8-6-5-7-9-22/h5-17,19H,4,18,20H2,1-3H3,(H,29,30)/b28-19+. The highest BCUT2D eigenvalue weighted by molar-refractivity contribution is 5.83. The first-order chi connectivity index (χ1) is 15.5. The number of hydrogen-bond donors (Lipinski definition) is 1. The van der Waals surface area contributed by atoms with Gasteiger partial charge in [-0.15, -0.1) is 0 Å². The summed E-state index contributed by atoms with van der Waals surface area (Å²) in [5, 5.41) is 3.98. The van der Waals surface area contributed by atoms with E-state index in [1.165, 1.54) is 11.1 Å². The Morgan fingerprint density at radius 2 is 1.47 bits per heavy atom. The second-order valence-corrected chi connectivity index (χ2v) is 8.01. The van der Waals surface area contributed by atoms with Crippen LogP contribution >= 0.6 is 0 Å². The van der Waals surface area contributed by atoms with Crippen molar-refractivity contribution in [3.05, 3.63) is 95.6 Å². The molecule has 32 heavy (non-hydrogen) atoms. The summed E-state index contributed by atoms with van der Waals surface area (Å²) in [7, 11) is 0. The van der Waals surface area contributed by atoms with Gasteiger partial charge in [-0.3, -0.25) is 4.79 Å². The molecule has 3 aromatic carbocycles. The molecule has 1 amide bonds. The van der Waals surface area contributed by atoms with E-state index in [2.05, 4.69) is 43.4 Å². The van der Waals surface area contributed by atoms with Gasteiger partial charge in [0, 0.05) is 5.41 Å². The second kappa shape index (κ2) is 11.1. The quantitative estimate of drug-likeness (QED) is 0.349. The van der Waals surface area contributed by atoms with Gasteiger partial charge in [0.25, 0.3) is 5.91 Å². The molecule has 0 heterocycles. The van der Waals surface area contributed by atoms with Crippen LogP contribution in [0, 0.1) is 0 Å². The number of rotatable bonds is 10. The average molecular weight is 431 g/mol. The van der Waals surface area contributed by atoms with Crippen molar-refractivity contribution in [3.8, 4) is 11.5 Å². The number of carbonyl (C=O) groups is 1. The summed E-state index contributed by atoms with van der Waals surface area (Å²) in [4.78, 5) is 12.0. The number of benzene rings is 3. The molecule has 1 N–H and O–H groups in total. The molecule has 0 aromatic heterocycles. The van der Waals surface area contributed by atoms with Crippen molar-refractivity contribution < 1.29 is 14.3 Å². The lowest BCUT2D eigenvalue weighted by atomic mass is 9.78. The number of hydrazone groups is 1. The molecule has 5 heteroatoms. The van der Waals surface area contributed by atoms with Gasteiger partial charge >= 0.3 is 0 Å². The van der Waals surface area contributed by atoms with Gasteiger partial charge < -0.3 is 9.47 Å². The van der Waals surface area contributed by atoms with Gasteiger partial charge in [-0.1, -0.05) is 63.2 Å². The van der Waals surface area contributed by atoms with Crippen LogP contribution in [0.4, 0.5) is 0 Å². The number of nitrogens with one attached hydrogen (secondary N) is 1. The molecule has 3 rings (SSSR count). The fourth-order valence-corrected chi connectivity index (χ4v) is 3.22. The number of nitrogens with zero attached hydrogens (tertiary/aromatic N) is 1. The van der Waals surface area contributed by atoms with E-state index < -0.39 is 0 Å². The zero-order chi connectivity index (χ0) is 22.8. The Kier molecular flexibility index (Phi) is 8.03. The van der Waals surface area contributed by atoms with Crippen LogP contribution in [0.2, 0.25) is 0 Å². The van der Waals surface area contributed by atoms with Crippen LogP contribution < -0.4 is 14.9 Å². The van der Waals surface area contributed by atoms with Gasteiger partial charge in [-0.25, -0.2) is 5.43 Å². The molecular weight excluding hydrogens is 400 g/mol. The number of carbonyl (C=O) groups excluding carboxylic acids is 1. The fourth-order valence-electron chi connectivity index (χ4n) is 3.22. The topological polar surface area (TPSA) is 59.9 Å². The third kappa shape index (κ3) is 6.45. The summed E-state index contributed by atoms with van der Waals surface area (Å²) in [5.41, 5.74) is 5.65. The monoisotopic (exact) mass is 430 g/mol. The Morgan fingerprint density at radius 1 is 0.875 bits per heavy atom. The van der Waals surface area contributed by atoms with Crippen molar-refractivity contribution in [2.45, 2.75) is 32.6 Å². The van der Waals surface area contributed by atoms with Crippen molar-refractivity contribution in [2.75, 3.05) is 13.2 Å². The molecule has 0 aliphatic rings. The number of ether oxygens (including phenoxy) is 2. The first kappa shape index (κ1) is 23.1. The maximum absolute atomic E-state index is 12.0. The normalized spacial score (nSPS) is 11.3. The molecular formula is C27H30N2O3. The summed E-state index contributed by atoms with van der Waals surface area (Å²) in [6.07, 6.45) is 2.55. The maximum atomic E-state index is 12.0. The van der Waals surface area contributed by atoms with Crippen LogP contribution in [0.1, 0.15) is 43.9 Å². The van der Waals surface area contributed by atoms with Gasteiger partial charge in [0.05, 0.1) is 12.8 Å². The molecule has 166 valence electrons. The average Bonchev–Trinajstić information content (AvgIpc) is 2.83. The molecule has 0 unspecified atom stereocenters. The molecule has 3 aromatic rings. The molecule has 0 aliphatic carbocycles. The number of amides is 1. The second-order valence-electron chi connectivity index (χ2n) is 8.01. The van der Waals surface area contributed by atoms with E-state index in [0.717, 1.165) is 17.7 Å². The zero-order valence-corrected chi connectivity index (χ0v) is 18.9. The van der Waals surface area contributed by atoms with Gasteiger partial charge in [-0.05, 0) is 59.5 Å². The van der Waals surface area contributed by atoms with Crippen molar-refractivity contribution in [1.82, 2.24) is 5.43 Å². The smallest absolute Gasteiger partial charge is 0.277 e. The SMILES string of the molecule is CCCOc1ccc(/C=N/NC(=O)COc2ccc(C(C)(C)c3ccccc3)cc2)cc1. The van der Waals surface area contributed by atoms with Crippen LogP contribution in [-0.4, -0.2) is 25.3 Å². The number of hydrogen-bond acceptors (Lipinski definition) is 4. The lowest BCUT2D eigenvalue weighted by molar-refractivity contribution is -0.123. The van der Waals surface area contributed by atoms with E-state index in [1.807, 2.05) is 66.7 Å². The van der Waals surface area contributed by atoms with Crippen molar-refractivity contribution in [2.24, 2.45) is 5.10 Å². The molecule has 0 saturated heterocycles. The highest BCUT2D eigenvalue weighted by Gasteiger charge is 2.22. The fraction of sp³-hybridized carbons (Fsp3) is 0.259. The summed E-state index contributed by atoms with van der Waals surface area (Å²) in [6.45, 7) is 7.03. The molecule has 0 aliphatic heterocycles. The molecule has 0 saturated carbocycles. The first-order valence-electron chi connectivity index (χ1n) is 10.8. The van der Waals surface area contributed by atoms with Crippen LogP contribution in [0.15, 0.2) is 84.0 Å². The summed E-state index contributed by atoms with van der Waals surface area (Å²) in [5.74, 6) is 1.14. The van der Waals surface area contributed by atoms with E-state index >= 15 is 0 Å². The third-order valence-electron chi connectivity index (χ3n) is 5.20. The van der Waals surface area contributed by atoms with E-state index in [1.54, 1.807) is 6.21 Å². The summed E-state index contributed by atoms with van der Waals surface area (Å²) >= 11 is 0. The van der Waals surface area contributed by atoms with E-state index in [0.29, 0.717) is 12.4 Å². The first-order valence-corrected chi connectivity index (χ1v) is 10.8. The summed E-state index contributed by atoms with van der Waals surface area (Å²) < 4.78 is 11.1. The molecule has 0 bridgehead atoms. The van der Waals surface area contributed by atoms with Crippen molar-refractivity contribution in [3.63, 3.8) is 0 Å². The maximum Gasteiger partial charge on any atom is 0.277 e. The molecule has 0 atom stereocenters. The van der Waals surface area contributed by atoms with Crippen LogP contribution in [0.3, 0.4) is 0 Å². The molecule has 0 radical (unpaired) electrons. The third-order valence-corrected chi connectivity index (χ3v) is 5.20. The van der Waals surface area contributed by atoms with Gasteiger partial charge in [0.15, 0.2) is 6.61 Å². The largest absolute Gasteiger partial charge is 0.494 e. The lowest BCUT2D eigenvalue weighted by Gasteiger charge is -2.26. The zero-order valence-electron chi connectivity index (χ0n) is 18.9. The van der Waals surface area contributed by atoms with Gasteiger partial charge in [0.1, 0.15) is 11.5 Å². The van der Waals surface area contributed by atoms with Crippen LogP contribution in [-0.2, 0) is 10.2 Å². The van der Waals surface area contributed by atoms with Gasteiger partial charge in [-0.2, -0.15) is 5.10 Å². The van der Waals surface area contributed by atoms with E-state index in [4.69, 9.17) is 9.47 Å². The highest BCUT2D eigenvalue weighted by Crippen LogP contribution is 2.32. The highest BCUT2D eigenvalue weighted by atomic mass is 16.5. The predicted molar refractivity (Wildman–Crippen MR) is 128 cm³/mol. The molecule has 5 nitrogen and oxygen atoms in total.